The molecule has 0 spiro atoms. The van der Waals surface area contributed by atoms with E-state index in [9.17, 15) is 18.0 Å². The molecule has 1 N–H and O–H groups in total. The molecule has 2 fully saturated rings. The third-order valence-corrected chi connectivity index (χ3v) is 8.38. The van der Waals surface area contributed by atoms with Gasteiger partial charge < -0.3 is 24.0 Å². The lowest BCUT2D eigenvalue weighted by molar-refractivity contribution is -0.188. The Bertz CT molecular complexity index is 1300. The SMILES string of the molecule is CCc1cc(N2CCNCC2)cc2c1=Nc1c(C)cc(N3CCOCC3)cc1S=2OC(=O)C(F)(F)F. The van der Waals surface area contributed by atoms with Crippen molar-refractivity contribution in [3.05, 3.63) is 45.3 Å². The fourth-order valence-electron chi connectivity index (χ4n) is 4.75. The first-order chi connectivity index (χ1) is 17.3. The molecule has 0 saturated carbocycles. The number of carbonyl (C=O) groups is 1. The smallest absolute Gasteiger partial charge is 0.388 e. The molecule has 11 heteroatoms. The van der Waals surface area contributed by atoms with Gasteiger partial charge in [0, 0.05) is 61.4 Å². The summed E-state index contributed by atoms with van der Waals surface area (Å²) < 4.78 is 51.4. The van der Waals surface area contributed by atoms with Gasteiger partial charge in [0.05, 0.1) is 33.7 Å². The molecule has 3 aliphatic rings. The van der Waals surface area contributed by atoms with Gasteiger partial charge in [-0.3, -0.25) is 0 Å². The van der Waals surface area contributed by atoms with E-state index < -0.39 is 22.9 Å². The van der Waals surface area contributed by atoms with Crippen LogP contribution in [0, 0.1) is 11.4 Å². The van der Waals surface area contributed by atoms with Crippen LogP contribution in [0.15, 0.2) is 34.2 Å². The number of halogens is 3. The zero-order chi connectivity index (χ0) is 25.4. The minimum absolute atomic E-state index is 0.501. The first-order valence-electron chi connectivity index (χ1n) is 12.1. The molecule has 194 valence electrons. The predicted octanol–water partition coefficient (Wildman–Crippen LogP) is 3.67. The van der Waals surface area contributed by atoms with E-state index in [4.69, 9.17) is 13.9 Å². The van der Waals surface area contributed by atoms with Crippen LogP contribution in [0.5, 0.6) is 0 Å². The Kier molecular flexibility index (Phi) is 6.97. The lowest BCUT2D eigenvalue weighted by atomic mass is 10.1. The number of carbonyl (C=O) groups excluding carboxylic acids is 1. The molecule has 3 aliphatic heterocycles. The largest absolute Gasteiger partial charge is 0.492 e. The van der Waals surface area contributed by atoms with Crippen molar-refractivity contribution < 1.29 is 26.9 Å². The van der Waals surface area contributed by atoms with Gasteiger partial charge in [-0.25, -0.2) is 9.79 Å². The Morgan fingerprint density at radius 1 is 1.08 bits per heavy atom. The summed E-state index contributed by atoms with van der Waals surface area (Å²) in [6, 6.07) is 7.74. The molecule has 3 heterocycles. The van der Waals surface area contributed by atoms with Crippen LogP contribution in [0.3, 0.4) is 0 Å². The van der Waals surface area contributed by atoms with E-state index in [2.05, 4.69) is 21.2 Å². The van der Waals surface area contributed by atoms with Crippen LogP contribution >= 0.6 is 10.8 Å². The minimum Gasteiger partial charge on any atom is -0.388 e. The van der Waals surface area contributed by atoms with E-state index in [-0.39, 0.29) is 0 Å². The highest BCUT2D eigenvalue weighted by Gasteiger charge is 2.42. The van der Waals surface area contributed by atoms with Crippen molar-refractivity contribution in [1.82, 2.24) is 5.32 Å². The summed E-state index contributed by atoms with van der Waals surface area (Å²) in [7, 11) is -1.59. The van der Waals surface area contributed by atoms with Gasteiger partial charge in [0.2, 0.25) is 0 Å². The molecule has 36 heavy (non-hydrogen) atoms. The number of nitrogens with zero attached hydrogens (tertiary/aromatic N) is 3. The van der Waals surface area contributed by atoms with Crippen LogP contribution in [0.1, 0.15) is 18.1 Å². The number of nitrogens with one attached hydrogen (secondary N) is 1. The maximum Gasteiger partial charge on any atom is 0.492 e. The van der Waals surface area contributed by atoms with Crippen molar-refractivity contribution in [3.63, 3.8) is 0 Å². The van der Waals surface area contributed by atoms with Crippen LogP contribution in [0.25, 0.3) is 0 Å². The van der Waals surface area contributed by atoms with Crippen molar-refractivity contribution in [2.75, 3.05) is 62.3 Å². The summed E-state index contributed by atoms with van der Waals surface area (Å²) in [6.45, 7) is 9.60. The highest BCUT2D eigenvalue weighted by atomic mass is 32.2. The van der Waals surface area contributed by atoms with Crippen molar-refractivity contribution in [3.8, 4) is 0 Å². The predicted molar refractivity (Wildman–Crippen MR) is 133 cm³/mol. The number of hydrogen-bond acceptors (Lipinski definition) is 7. The second-order valence-corrected chi connectivity index (χ2v) is 10.6. The third kappa shape index (κ3) is 4.83. The standard InChI is InChI=1S/C25H29F3N4O3S/c1-3-17-13-19(31-6-4-29-5-7-31)15-21-23(17)30-22-16(2)12-18(32-8-10-34-11-9-32)14-20(22)36(21)35-24(33)25(26,27)28/h12-15,29H,3-11H2,1-2H3. The highest BCUT2D eigenvalue weighted by molar-refractivity contribution is 8.05. The van der Waals surface area contributed by atoms with Crippen LogP contribution < -0.4 is 20.5 Å². The molecule has 7 nitrogen and oxygen atoms in total. The molecule has 0 aliphatic carbocycles. The number of fused-ring (bicyclic) bond motifs is 2. The zero-order valence-electron chi connectivity index (χ0n) is 20.3. The maximum absolute atomic E-state index is 13.4. The summed E-state index contributed by atoms with van der Waals surface area (Å²) >= 11 is 0. The molecule has 2 aromatic carbocycles. The third-order valence-electron chi connectivity index (χ3n) is 6.64. The molecule has 0 bridgehead atoms. The molecule has 0 amide bonds. The van der Waals surface area contributed by atoms with Gasteiger partial charge in [0.15, 0.2) is 0 Å². The quantitative estimate of drug-likeness (QED) is 0.619. The Labute approximate surface area is 210 Å². The number of benzene rings is 2. The van der Waals surface area contributed by atoms with Gasteiger partial charge in [-0.2, -0.15) is 13.2 Å². The number of hydrogen-bond donors (Lipinski definition) is 1. The van der Waals surface area contributed by atoms with Crippen LogP contribution in [0.4, 0.5) is 30.2 Å². The lowest BCUT2D eigenvalue weighted by Crippen LogP contribution is -2.43. The Morgan fingerprint density at radius 2 is 1.75 bits per heavy atom. The summed E-state index contributed by atoms with van der Waals surface area (Å²) in [5.41, 5.74) is 4.09. The number of ether oxygens (including phenoxy) is 1. The van der Waals surface area contributed by atoms with Crippen molar-refractivity contribution in [2.45, 2.75) is 31.3 Å². The van der Waals surface area contributed by atoms with Crippen LogP contribution in [-0.2, 0) is 20.1 Å². The van der Waals surface area contributed by atoms with Crippen molar-refractivity contribution in [2.24, 2.45) is 4.99 Å². The van der Waals surface area contributed by atoms with Crippen molar-refractivity contribution >= 4 is 33.8 Å². The molecule has 0 radical (unpaired) electrons. The van der Waals surface area contributed by atoms with E-state index in [1.807, 2.05) is 32.0 Å². The summed E-state index contributed by atoms with van der Waals surface area (Å²) in [5.74, 6) is -2.19. The van der Waals surface area contributed by atoms with Gasteiger partial charge >= 0.3 is 12.1 Å². The van der Waals surface area contributed by atoms with Gasteiger partial charge in [-0.1, -0.05) is 6.92 Å². The number of aryl methyl sites for hydroxylation is 2. The molecular formula is C25H29F3N4O3S. The summed E-state index contributed by atoms with van der Waals surface area (Å²) in [6.07, 6.45) is -4.45. The maximum atomic E-state index is 13.4. The fourth-order valence-corrected chi connectivity index (χ4v) is 6.61. The average Bonchev–Trinajstić information content (AvgIpc) is 2.88. The van der Waals surface area contributed by atoms with Gasteiger partial charge in [-0.15, -0.1) is 0 Å². The molecule has 2 aromatic rings. The topological polar surface area (TPSA) is 66.4 Å². The zero-order valence-corrected chi connectivity index (χ0v) is 21.1. The van der Waals surface area contributed by atoms with Gasteiger partial charge in [0.1, 0.15) is 0 Å². The normalized spacial score (nSPS) is 19.9. The monoisotopic (exact) mass is 522 g/mol. The van der Waals surface area contributed by atoms with Crippen LogP contribution in [-0.4, -0.2) is 64.6 Å². The summed E-state index contributed by atoms with van der Waals surface area (Å²) in [5, 5.41) is 3.92. The minimum atomic E-state index is -5.09. The van der Waals surface area contributed by atoms with Crippen LogP contribution in [0.2, 0.25) is 0 Å². The molecular weight excluding hydrogens is 493 g/mol. The molecule has 1 unspecified atom stereocenters. The van der Waals surface area contributed by atoms with E-state index in [1.54, 1.807) is 0 Å². The molecule has 5 rings (SSSR count). The van der Waals surface area contributed by atoms with E-state index >= 15 is 0 Å². The Balaban J connectivity index is 1.74. The number of anilines is 2. The highest BCUT2D eigenvalue weighted by Crippen LogP contribution is 2.45. The Morgan fingerprint density at radius 3 is 2.42 bits per heavy atom. The fraction of sp³-hybridized carbons (Fsp3) is 0.480. The second-order valence-electron chi connectivity index (χ2n) is 9.00. The number of rotatable bonds is 4. The molecule has 1 atom stereocenters. The number of alkyl halides is 3. The van der Waals surface area contributed by atoms with E-state index in [0.29, 0.717) is 53.2 Å². The van der Waals surface area contributed by atoms with E-state index in [1.165, 1.54) is 0 Å². The first-order valence-corrected chi connectivity index (χ1v) is 13.3. The van der Waals surface area contributed by atoms with E-state index in [0.717, 1.165) is 48.7 Å². The van der Waals surface area contributed by atoms with Gasteiger partial charge in [0.25, 0.3) is 0 Å². The van der Waals surface area contributed by atoms with Crippen molar-refractivity contribution in [1.29, 1.82) is 0 Å². The molecule has 2 saturated heterocycles. The molecule has 0 aromatic heterocycles. The van der Waals surface area contributed by atoms with Gasteiger partial charge in [-0.05, 0) is 48.7 Å². The number of piperazine rings is 1. The summed E-state index contributed by atoms with van der Waals surface area (Å²) in [4.78, 5) is 21.9. The average molecular weight is 523 g/mol. The number of morpholine rings is 1. The second kappa shape index (κ2) is 10.0. The lowest BCUT2D eigenvalue weighted by Gasteiger charge is -2.31. The first kappa shape index (κ1) is 25.0. The Hall–Kier alpha value is -2.63.